The molecule has 0 saturated heterocycles. The third-order valence-electron chi connectivity index (χ3n) is 4.55. The molecule has 1 heterocycles. The summed E-state index contributed by atoms with van der Waals surface area (Å²) in [6.07, 6.45) is 1.71. The van der Waals surface area contributed by atoms with Crippen LogP contribution in [-0.4, -0.2) is 53.0 Å². The first-order valence-electron chi connectivity index (χ1n) is 8.87. The maximum absolute atomic E-state index is 12.8. The number of sulfonamides is 1. The van der Waals surface area contributed by atoms with E-state index >= 15 is 0 Å². The van der Waals surface area contributed by atoms with Gasteiger partial charge in [0.15, 0.2) is 0 Å². The summed E-state index contributed by atoms with van der Waals surface area (Å²) in [7, 11) is 0.463. The van der Waals surface area contributed by atoms with Crippen LogP contribution in [0.5, 0.6) is 0 Å². The monoisotopic (exact) mass is 375 g/mol. The molecule has 0 saturated carbocycles. The van der Waals surface area contributed by atoms with Gasteiger partial charge in [0.05, 0.1) is 10.6 Å². The van der Waals surface area contributed by atoms with Crippen LogP contribution in [0.25, 0.3) is 10.8 Å². The fourth-order valence-electron chi connectivity index (χ4n) is 3.29. The van der Waals surface area contributed by atoms with Crippen LogP contribution >= 0.6 is 0 Å². The third-order valence-corrected chi connectivity index (χ3v) is 6.41. The average Bonchev–Trinajstić information content (AvgIpc) is 2.82. The Bertz CT molecular complexity index is 904. The quantitative estimate of drug-likeness (QED) is 0.718. The molecule has 6 nitrogen and oxygen atoms in total. The zero-order valence-corrected chi connectivity index (χ0v) is 16.1. The Morgan fingerprint density at radius 3 is 2.58 bits per heavy atom. The van der Waals surface area contributed by atoms with Crippen molar-refractivity contribution in [1.82, 2.24) is 10.2 Å². The molecular formula is C19H25N3O3S. The van der Waals surface area contributed by atoms with E-state index < -0.39 is 10.0 Å². The Morgan fingerprint density at radius 2 is 1.85 bits per heavy atom. The van der Waals surface area contributed by atoms with Gasteiger partial charge in [-0.2, -0.15) is 0 Å². The van der Waals surface area contributed by atoms with E-state index in [1.165, 1.54) is 4.31 Å². The second-order valence-electron chi connectivity index (χ2n) is 6.82. The predicted molar refractivity (Wildman–Crippen MR) is 104 cm³/mol. The highest BCUT2D eigenvalue weighted by atomic mass is 32.2. The molecule has 1 N–H and O–H groups in total. The number of benzene rings is 2. The molecule has 0 aromatic heterocycles. The van der Waals surface area contributed by atoms with E-state index in [1.807, 2.05) is 38.4 Å². The molecule has 0 spiro atoms. The third kappa shape index (κ3) is 3.68. The highest BCUT2D eigenvalue weighted by Crippen LogP contribution is 2.41. The van der Waals surface area contributed by atoms with E-state index in [1.54, 1.807) is 12.1 Å². The lowest BCUT2D eigenvalue weighted by molar-refractivity contribution is -0.121. The van der Waals surface area contributed by atoms with Crippen LogP contribution in [-0.2, 0) is 14.8 Å². The van der Waals surface area contributed by atoms with E-state index in [0.717, 1.165) is 23.7 Å². The SMILES string of the molecule is CN(C)CCCNC(=O)CCCN1c2cccc3cccc(c23)S1(=O)=O. The van der Waals surface area contributed by atoms with Crippen LogP contribution < -0.4 is 9.62 Å². The highest BCUT2D eigenvalue weighted by Gasteiger charge is 2.34. The minimum atomic E-state index is -3.53. The first kappa shape index (κ1) is 18.7. The van der Waals surface area contributed by atoms with Gasteiger partial charge in [0.1, 0.15) is 0 Å². The molecule has 2 aromatic rings. The van der Waals surface area contributed by atoms with Crippen LogP contribution in [0.2, 0.25) is 0 Å². The summed E-state index contributed by atoms with van der Waals surface area (Å²) in [6, 6.07) is 11.0. The van der Waals surface area contributed by atoms with Gasteiger partial charge < -0.3 is 10.2 Å². The Morgan fingerprint density at radius 1 is 1.12 bits per heavy atom. The van der Waals surface area contributed by atoms with Gasteiger partial charge >= 0.3 is 0 Å². The molecule has 7 heteroatoms. The molecule has 0 atom stereocenters. The molecule has 1 aliphatic heterocycles. The topological polar surface area (TPSA) is 69.7 Å². The normalized spacial score (nSPS) is 15.0. The van der Waals surface area contributed by atoms with Crippen LogP contribution in [0.15, 0.2) is 41.3 Å². The molecule has 1 aliphatic rings. The molecule has 0 bridgehead atoms. The molecule has 0 unspecified atom stereocenters. The molecular weight excluding hydrogens is 350 g/mol. The van der Waals surface area contributed by atoms with Crippen molar-refractivity contribution in [3.8, 4) is 0 Å². The standard InChI is InChI=1S/C19H25N3O3S/c1-21(2)13-6-12-20-18(23)11-5-14-22-16-9-3-7-15-8-4-10-17(19(15)16)26(22,24)25/h3-4,7-10H,5-6,11-14H2,1-2H3,(H,20,23). The number of hydrogen-bond donors (Lipinski definition) is 1. The largest absolute Gasteiger partial charge is 0.356 e. The van der Waals surface area contributed by atoms with E-state index in [4.69, 9.17) is 0 Å². The van der Waals surface area contributed by atoms with Crippen molar-refractivity contribution in [3.63, 3.8) is 0 Å². The van der Waals surface area contributed by atoms with Crippen LogP contribution in [0, 0.1) is 0 Å². The number of nitrogens with one attached hydrogen (secondary N) is 1. The predicted octanol–water partition coefficient (Wildman–Crippen LogP) is 2.20. The molecule has 3 rings (SSSR count). The summed E-state index contributed by atoms with van der Waals surface area (Å²) in [4.78, 5) is 14.4. The Hall–Kier alpha value is -2.12. The fraction of sp³-hybridized carbons (Fsp3) is 0.421. The number of hydrogen-bond acceptors (Lipinski definition) is 4. The molecule has 140 valence electrons. The first-order valence-corrected chi connectivity index (χ1v) is 10.3. The van der Waals surface area contributed by atoms with E-state index in [2.05, 4.69) is 10.2 Å². The van der Waals surface area contributed by atoms with Gasteiger partial charge in [-0.3, -0.25) is 9.10 Å². The van der Waals surface area contributed by atoms with Gasteiger partial charge in [0.2, 0.25) is 5.91 Å². The molecule has 1 amide bonds. The van der Waals surface area contributed by atoms with Crippen molar-refractivity contribution in [2.75, 3.05) is 38.0 Å². The van der Waals surface area contributed by atoms with Crippen LogP contribution in [0.1, 0.15) is 19.3 Å². The van der Waals surface area contributed by atoms with E-state index in [9.17, 15) is 13.2 Å². The molecule has 26 heavy (non-hydrogen) atoms. The van der Waals surface area contributed by atoms with Gasteiger partial charge in [0.25, 0.3) is 10.0 Å². The zero-order valence-electron chi connectivity index (χ0n) is 15.2. The second kappa shape index (κ2) is 7.63. The summed E-state index contributed by atoms with van der Waals surface area (Å²) in [5.41, 5.74) is 0.712. The molecule has 0 radical (unpaired) electrons. The van der Waals surface area contributed by atoms with Crippen LogP contribution in [0.4, 0.5) is 5.69 Å². The fourth-order valence-corrected chi connectivity index (χ4v) is 5.04. The van der Waals surface area contributed by atoms with Gasteiger partial charge in [-0.15, -0.1) is 0 Å². The molecule has 2 aromatic carbocycles. The van der Waals surface area contributed by atoms with Gasteiger partial charge in [-0.25, -0.2) is 8.42 Å². The number of nitrogens with zero attached hydrogens (tertiary/aromatic N) is 2. The van der Waals surface area contributed by atoms with Crippen molar-refractivity contribution >= 4 is 32.4 Å². The van der Waals surface area contributed by atoms with Gasteiger partial charge in [0, 0.05) is 24.9 Å². The maximum atomic E-state index is 12.8. The lowest BCUT2D eigenvalue weighted by Crippen LogP contribution is -2.30. The van der Waals surface area contributed by atoms with Crippen molar-refractivity contribution in [1.29, 1.82) is 0 Å². The number of amides is 1. The Labute approximate surface area is 154 Å². The Balaban J connectivity index is 1.60. The summed E-state index contributed by atoms with van der Waals surface area (Å²) in [5.74, 6) is -0.0314. The number of anilines is 1. The number of rotatable bonds is 8. The van der Waals surface area contributed by atoms with Gasteiger partial charge in [-0.05, 0) is 51.0 Å². The summed E-state index contributed by atoms with van der Waals surface area (Å²) >= 11 is 0. The lowest BCUT2D eigenvalue weighted by atomic mass is 10.1. The summed E-state index contributed by atoms with van der Waals surface area (Å²) in [6.45, 7) is 1.87. The van der Waals surface area contributed by atoms with E-state index in [-0.39, 0.29) is 5.91 Å². The van der Waals surface area contributed by atoms with Crippen LogP contribution in [0.3, 0.4) is 0 Å². The summed E-state index contributed by atoms with van der Waals surface area (Å²) < 4.78 is 27.1. The second-order valence-corrected chi connectivity index (χ2v) is 8.65. The lowest BCUT2D eigenvalue weighted by Gasteiger charge is -2.18. The average molecular weight is 375 g/mol. The maximum Gasteiger partial charge on any atom is 0.265 e. The first-order chi connectivity index (χ1) is 12.4. The number of carbonyl (C=O) groups is 1. The van der Waals surface area contributed by atoms with Crippen molar-refractivity contribution < 1.29 is 13.2 Å². The van der Waals surface area contributed by atoms with Crippen molar-refractivity contribution in [2.45, 2.75) is 24.2 Å². The van der Waals surface area contributed by atoms with Gasteiger partial charge in [-0.1, -0.05) is 24.3 Å². The smallest absolute Gasteiger partial charge is 0.265 e. The minimum Gasteiger partial charge on any atom is -0.356 e. The van der Waals surface area contributed by atoms with E-state index in [0.29, 0.717) is 36.5 Å². The molecule has 0 fully saturated rings. The number of carbonyl (C=O) groups excluding carboxylic acids is 1. The zero-order chi connectivity index (χ0) is 18.7. The Kier molecular flexibility index (Phi) is 5.48. The molecule has 0 aliphatic carbocycles. The van der Waals surface area contributed by atoms with Crippen molar-refractivity contribution in [2.24, 2.45) is 0 Å². The summed E-state index contributed by atoms with van der Waals surface area (Å²) in [5, 5.41) is 4.59. The highest BCUT2D eigenvalue weighted by molar-refractivity contribution is 7.93. The minimum absolute atomic E-state index is 0.0314. The van der Waals surface area contributed by atoms with Crippen molar-refractivity contribution in [3.05, 3.63) is 36.4 Å².